The third-order valence-corrected chi connectivity index (χ3v) is 5.70. The number of hydrogen-bond donors (Lipinski definition) is 0. The van der Waals surface area contributed by atoms with Crippen molar-refractivity contribution in [3.63, 3.8) is 0 Å². The zero-order valence-corrected chi connectivity index (χ0v) is 18.5. The van der Waals surface area contributed by atoms with Gasteiger partial charge in [0.25, 0.3) is 0 Å². The second kappa shape index (κ2) is 9.94. The Kier molecular flexibility index (Phi) is 6.84. The Morgan fingerprint density at radius 2 is 1.84 bits per heavy atom. The standard InChI is InChI=1S/C24H30N4O3/c1-27-13-14-31-17-20(27)24-25-23(16-19-9-10-21(29-2)22(15-19)30-3)26-28(24)12-11-18-7-5-4-6-8-18/h4-10,15,20H,11-14,16-17H2,1-3H3/t20-/m1/s1. The van der Waals surface area contributed by atoms with Crippen LogP contribution in [0.3, 0.4) is 0 Å². The minimum atomic E-state index is 0.108. The fraction of sp³-hybridized carbons (Fsp3) is 0.417. The molecule has 1 aromatic heterocycles. The van der Waals surface area contributed by atoms with Crippen molar-refractivity contribution in [3.8, 4) is 11.5 Å². The molecule has 0 bridgehead atoms. The first-order valence-electron chi connectivity index (χ1n) is 10.6. The lowest BCUT2D eigenvalue weighted by Gasteiger charge is -2.31. The van der Waals surface area contributed by atoms with E-state index in [9.17, 15) is 0 Å². The maximum Gasteiger partial charge on any atom is 0.161 e. The molecule has 4 rings (SSSR count). The molecule has 0 saturated carbocycles. The third-order valence-electron chi connectivity index (χ3n) is 5.70. The van der Waals surface area contributed by atoms with Gasteiger partial charge in [-0.15, -0.1) is 0 Å². The Hall–Kier alpha value is -2.90. The van der Waals surface area contributed by atoms with Crippen LogP contribution < -0.4 is 9.47 Å². The summed E-state index contributed by atoms with van der Waals surface area (Å²) in [6.45, 7) is 3.06. The van der Waals surface area contributed by atoms with Crippen molar-refractivity contribution in [2.75, 3.05) is 41.0 Å². The van der Waals surface area contributed by atoms with Gasteiger partial charge in [0.2, 0.25) is 0 Å². The van der Waals surface area contributed by atoms with Crippen molar-refractivity contribution in [3.05, 3.63) is 71.3 Å². The molecule has 0 N–H and O–H groups in total. The van der Waals surface area contributed by atoms with Crippen LogP contribution >= 0.6 is 0 Å². The largest absolute Gasteiger partial charge is 0.493 e. The van der Waals surface area contributed by atoms with E-state index in [0.717, 1.165) is 43.3 Å². The van der Waals surface area contributed by atoms with Crippen molar-refractivity contribution < 1.29 is 14.2 Å². The fourth-order valence-electron chi connectivity index (χ4n) is 3.90. The molecule has 7 nitrogen and oxygen atoms in total. The number of methoxy groups -OCH3 is 2. The van der Waals surface area contributed by atoms with Gasteiger partial charge in [-0.1, -0.05) is 36.4 Å². The molecule has 7 heteroatoms. The third kappa shape index (κ3) is 5.06. The minimum Gasteiger partial charge on any atom is -0.493 e. The van der Waals surface area contributed by atoms with E-state index in [1.807, 2.05) is 24.3 Å². The number of hydrogen-bond acceptors (Lipinski definition) is 6. The van der Waals surface area contributed by atoms with Gasteiger partial charge in [0.05, 0.1) is 33.5 Å². The van der Waals surface area contributed by atoms with Crippen molar-refractivity contribution >= 4 is 0 Å². The highest BCUT2D eigenvalue weighted by atomic mass is 16.5. The topological polar surface area (TPSA) is 61.6 Å². The van der Waals surface area contributed by atoms with E-state index in [1.54, 1.807) is 14.2 Å². The highest BCUT2D eigenvalue weighted by Crippen LogP contribution is 2.29. The molecular formula is C24H30N4O3. The summed E-state index contributed by atoms with van der Waals surface area (Å²) in [6, 6.07) is 16.5. The number of benzene rings is 2. The predicted molar refractivity (Wildman–Crippen MR) is 119 cm³/mol. The number of ether oxygens (including phenoxy) is 3. The number of likely N-dealkylation sites (N-methyl/N-ethyl adjacent to an activating group) is 1. The molecule has 2 aromatic carbocycles. The summed E-state index contributed by atoms with van der Waals surface area (Å²) in [4.78, 5) is 7.25. The van der Waals surface area contributed by atoms with E-state index in [0.29, 0.717) is 24.5 Å². The molecule has 0 aliphatic carbocycles. The van der Waals surface area contributed by atoms with Gasteiger partial charge in [-0.25, -0.2) is 9.67 Å². The summed E-state index contributed by atoms with van der Waals surface area (Å²) in [5.41, 5.74) is 2.37. The van der Waals surface area contributed by atoms with Gasteiger partial charge < -0.3 is 14.2 Å². The Morgan fingerprint density at radius 1 is 1.03 bits per heavy atom. The summed E-state index contributed by atoms with van der Waals surface area (Å²) < 4.78 is 18.6. The first-order valence-corrected chi connectivity index (χ1v) is 10.6. The molecule has 31 heavy (non-hydrogen) atoms. The molecule has 164 valence electrons. The van der Waals surface area contributed by atoms with E-state index in [4.69, 9.17) is 24.3 Å². The summed E-state index contributed by atoms with van der Waals surface area (Å²) in [5, 5.41) is 4.88. The minimum absolute atomic E-state index is 0.108. The Balaban J connectivity index is 1.59. The zero-order valence-electron chi connectivity index (χ0n) is 18.5. The molecule has 0 radical (unpaired) electrons. The molecule has 1 aliphatic heterocycles. The molecular weight excluding hydrogens is 392 g/mol. The average Bonchev–Trinajstić information content (AvgIpc) is 3.20. The van der Waals surface area contributed by atoms with Crippen LogP contribution in [0.2, 0.25) is 0 Å². The van der Waals surface area contributed by atoms with Crippen LogP contribution in [0.4, 0.5) is 0 Å². The molecule has 1 fully saturated rings. The van der Waals surface area contributed by atoms with Crippen LogP contribution in [-0.4, -0.2) is 60.7 Å². The van der Waals surface area contributed by atoms with Gasteiger partial charge in [-0.05, 0) is 36.7 Å². The molecule has 1 aliphatic rings. The molecule has 0 amide bonds. The van der Waals surface area contributed by atoms with Crippen LogP contribution in [0.15, 0.2) is 48.5 Å². The van der Waals surface area contributed by atoms with E-state index < -0.39 is 0 Å². The van der Waals surface area contributed by atoms with Gasteiger partial charge >= 0.3 is 0 Å². The monoisotopic (exact) mass is 422 g/mol. The lowest BCUT2D eigenvalue weighted by molar-refractivity contribution is 0.000177. The first kappa shape index (κ1) is 21.3. The first-order chi connectivity index (χ1) is 15.2. The van der Waals surface area contributed by atoms with E-state index in [1.165, 1.54) is 5.56 Å². The molecule has 0 spiro atoms. The van der Waals surface area contributed by atoms with Gasteiger partial charge in [-0.2, -0.15) is 5.10 Å². The normalized spacial score (nSPS) is 16.9. The van der Waals surface area contributed by atoms with Crippen LogP contribution in [0.5, 0.6) is 11.5 Å². The van der Waals surface area contributed by atoms with Crippen molar-refractivity contribution in [2.45, 2.75) is 25.4 Å². The van der Waals surface area contributed by atoms with E-state index in [2.05, 4.69) is 40.9 Å². The molecule has 0 unspecified atom stereocenters. The summed E-state index contributed by atoms with van der Waals surface area (Å²) in [5.74, 6) is 3.20. The maximum absolute atomic E-state index is 5.75. The predicted octanol–water partition coefficient (Wildman–Crippen LogP) is 3.13. The molecule has 1 atom stereocenters. The van der Waals surface area contributed by atoms with Crippen LogP contribution in [0.25, 0.3) is 0 Å². The van der Waals surface area contributed by atoms with Gasteiger partial charge in [-0.3, -0.25) is 4.90 Å². The zero-order chi connectivity index (χ0) is 21.6. The smallest absolute Gasteiger partial charge is 0.161 e. The Labute approximate surface area is 183 Å². The number of aromatic nitrogens is 3. The maximum atomic E-state index is 5.75. The molecule has 3 aromatic rings. The number of nitrogens with zero attached hydrogens (tertiary/aromatic N) is 4. The second-order valence-corrected chi connectivity index (χ2v) is 7.78. The molecule has 1 saturated heterocycles. The Bertz CT molecular complexity index is 990. The van der Waals surface area contributed by atoms with Gasteiger partial charge in [0, 0.05) is 19.5 Å². The van der Waals surface area contributed by atoms with Crippen LogP contribution in [0.1, 0.15) is 28.8 Å². The SMILES string of the molecule is COc1ccc(Cc2nc([C@H]3COCCN3C)n(CCc3ccccc3)n2)cc1OC. The van der Waals surface area contributed by atoms with E-state index in [-0.39, 0.29) is 6.04 Å². The van der Waals surface area contributed by atoms with Gasteiger partial charge in [0.1, 0.15) is 5.82 Å². The average molecular weight is 423 g/mol. The summed E-state index contributed by atoms with van der Waals surface area (Å²) in [7, 11) is 5.41. The molecule has 2 heterocycles. The number of rotatable bonds is 8. The van der Waals surface area contributed by atoms with Crippen molar-refractivity contribution in [1.82, 2.24) is 19.7 Å². The van der Waals surface area contributed by atoms with Crippen molar-refractivity contribution in [1.29, 1.82) is 0 Å². The highest BCUT2D eigenvalue weighted by Gasteiger charge is 2.27. The van der Waals surface area contributed by atoms with E-state index >= 15 is 0 Å². The lowest BCUT2D eigenvalue weighted by atomic mass is 10.1. The second-order valence-electron chi connectivity index (χ2n) is 7.78. The highest BCUT2D eigenvalue weighted by molar-refractivity contribution is 5.43. The Morgan fingerprint density at radius 3 is 2.58 bits per heavy atom. The van der Waals surface area contributed by atoms with Crippen LogP contribution in [0, 0.1) is 0 Å². The van der Waals surface area contributed by atoms with Gasteiger partial charge in [0.15, 0.2) is 17.3 Å². The fourth-order valence-corrected chi connectivity index (χ4v) is 3.90. The van der Waals surface area contributed by atoms with Crippen molar-refractivity contribution in [2.24, 2.45) is 0 Å². The summed E-state index contributed by atoms with van der Waals surface area (Å²) in [6.07, 6.45) is 1.53. The van der Waals surface area contributed by atoms with Crippen LogP contribution in [-0.2, 0) is 24.1 Å². The number of morpholine rings is 1. The number of aryl methyl sites for hydroxylation is 2. The summed E-state index contributed by atoms with van der Waals surface area (Å²) >= 11 is 0. The lowest BCUT2D eigenvalue weighted by Crippen LogP contribution is -2.38. The quantitative estimate of drug-likeness (QED) is 0.556.